The number of hydrogen-bond acceptors (Lipinski definition) is 2. The fourth-order valence-corrected chi connectivity index (χ4v) is 1.49. The van der Waals surface area contributed by atoms with Gasteiger partial charge in [-0.25, -0.2) is 9.37 Å². The highest BCUT2D eigenvalue weighted by Crippen LogP contribution is 2.28. The molecule has 0 fully saturated rings. The quantitative estimate of drug-likeness (QED) is 0.470. The largest absolute Gasteiger partial charge is 0.573 e. The molecule has 0 atom stereocenters. The summed E-state index contributed by atoms with van der Waals surface area (Å²) in [6.07, 6.45) is -4.76. The van der Waals surface area contributed by atoms with Crippen LogP contribution in [0.2, 0.25) is 0 Å². The van der Waals surface area contributed by atoms with Crippen LogP contribution in [-0.4, -0.2) is 11.3 Å². The molecule has 0 unspecified atom stereocenters. The van der Waals surface area contributed by atoms with Gasteiger partial charge in [0.15, 0.2) is 5.75 Å². The molecule has 0 spiro atoms. The van der Waals surface area contributed by atoms with E-state index in [1.54, 1.807) is 22.6 Å². The topological polar surface area (TPSA) is 22.1 Å². The summed E-state index contributed by atoms with van der Waals surface area (Å²) >= 11 is 1.56. The molecule has 0 bridgehead atoms. The van der Waals surface area contributed by atoms with Gasteiger partial charge < -0.3 is 4.74 Å². The van der Waals surface area contributed by atoms with Crippen molar-refractivity contribution < 1.29 is 22.3 Å². The monoisotopic (exact) mass is 335 g/mol. The first-order valence-electron chi connectivity index (χ1n) is 3.81. The minimum Gasteiger partial charge on any atom is -0.403 e. The fraction of sp³-hybridized carbons (Fsp3) is 0.375. The first-order valence-corrected chi connectivity index (χ1v) is 4.89. The third kappa shape index (κ3) is 3.47. The molecule has 84 valence electrons. The van der Waals surface area contributed by atoms with Gasteiger partial charge in [-0.05, 0) is 41.1 Å². The first-order chi connectivity index (χ1) is 6.83. The van der Waals surface area contributed by atoms with E-state index in [4.69, 9.17) is 0 Å². The molecule has 2 nitrogen and oxygen atoms in total. The lowest BCUT2D eigenvalue weighted by atomic mass is 10.2. The average Bonchev–Trinajstić information content (AvgIpc) is 2.08. The lowest BCUT2D eigenvalue weighted by molar-refractivity contribution is -0.275. The smallest absolute Gasteiger partial charge is 0.403 e. The molecule has 0 aliphatic carbocycles. The van der Waals surface area contributed by atoms with Crippen molar-refractivity contribution in [1.82, 2.24) is 4.98 Å². The van der Waals surface area contributed by atoms with E-state index in [1.165, 1.54) is 6.92 Å². The molecule has 0 aliphatic heterocycles. The molecule has 0 radical (unpaired) electrons. The van der Waals surface area contributed by atoms with Crippen LogP contribution in [-0.2, 0) is 6.67 Å². The number of aromatic nitrogens is 1. The Morgan fingerprint density at radius 1 is 1.47 bits per heavy atom. The Balaban J connectivity index is 3.05. The SMILES string of the molecule is Cc1cc(OC(F)(F)F)c(I)nc1CF. The summed E-state index contributed by atoms with van der Waals surface area (Å²) < 4.78 is 51.7. The maximum atomic E-state index is 12.3. The average molecular weight is 335 g/mol. The lowest BCUT2D eigenvalue weighted by Crippen LogP contribution is -2.18. The zero-order valence-corrected chi connectivity index (χ0v) is 9.69. The minimum absolute atomic E-state index is 0.0109. The molecule has 0 aliphatic rings. The highest BCUT2D eigenvalue weighted by Gasteiger charge is 2.32. The van der Waals surface area contributed by atoms with Crippen LogP contribution in [0.1, 0.15) is 11.3 Å². The summed E-state index contributed by atoms with van der Waals surface area (Å²) in [6.45, 7) is 0.662. The van der Waals surface area contributed by atoms with E-state index in [0.717, 1.165) is 6.07 Å². The van der Waals surface area contributed by atoms with Crippen LogP contribution in [0.5, 0.6) is 5.75 Å². The van der Waals surface area contributed by atoms with Crippen LogP contribution < -0.4 is 4.74 Å². The zero-order valence-electron chi connectivity index (χ0n) is 7.53. The fourth-order valence-electron chi connectivity index (χ4n) is 0.933. The highest BCUT2D eigenvalue weighted by atomic mass is 127. The van der Waals surface area contributed by atoms with Gasteiger partial charge in [-0.2, -0.15) is 0 Å². The Morgan fingerprint density at radius 3 is 2.53 bits per heavy atom. The van der Waals surface area contributed by atoms with E-state index in [0.29, 0.717) is 5.56 Å². The van der Waals surface area contributed by atoms with Gasteiger partial charge >= 0.3 is 6.36 Å². The molecule has 15 heavy (non-hydrogen) atoms. The first kappa shape index (κ1) is 12.5. The number of hydrogen-bond donors (Lipinski definition) is 0. The standard InChI is InChI=1S/C8H6F4INO/c1-4-2-6(15-8(10,11)12)7(13)14-5(4)3-9/h2H,3H2,1H3. The minimum atomic E-state index is -4.76. The van der Waals surface area contributed by atoms with Crippen LogP contribution in [0.3, 0.4) is 0 Å². The second kappa shape index (κ2) is 4.50. The van der Waals surface area contributed by atoms with Gasteiger partial charge in [-0.3, -0.25) is 0 Å². The Labute approximate surface area is 96.8 Å². The van der Waals surface area contributed by atoms with E-state index in [-0.39, 0.29) is 9.39 Å². The summed E-state index contributed by atoms with van der Waals surface area (Å²) in [5.41, 5.74) is 0.450. The van der Waals surface area contributed by atoms with Gasteiger partial charge in [-0.1, -0.05) is 0 Å². The van der Waals surface area contributed by atoms with Crippen LogP contribution in [0.25, 0.3) is 0 Å². The number of nitrogens with zero attached hydrogens (tertiary/aromatic N) is 1. The molecule has 1 aromatic heterocycles. The van der Waals surface area contributed by atoms with Crippen LogP contribution in [0, 0.1) is 10.6 Å². The van der Waals surface area contributed by atoms with Crippen molar-refractivity contribution in [1.29, 1.82) is 0 Å². The van der Waals surface area contributed by atoms with Gasteiger partial charge in [0.25, 0.3) is 0 Å². The Morgan fingerprint density at radius 2 is 2.07 bits per heavy atom. The second-order valence-electron chi connectivity index (χ2n) is 2.72. The lowest BCUT2D eigenvalue weighted by Gasteiger charge is -2.11. The molecule has 0 amide bonds. The molecular formula is C8H6F4INO. The van der Waals surface area contributed by atoms with Crippen LogP contribution in [0.15, 0.2) is 6.07 Å². The van der Waals surface area contributed by atoms with E-state index < -0.39 is 18.8 Å². The van der Waals surface area contributed by atoms with Crippen LogP contribution in [0.4, 0.5) is 17.6 Å². The predicted molar refractivity (Wildman–Crippen MR) is 53.2 cm³/mol. The number of rotatable bonds is 2. The van der Waals surface area contributed by atoms with Gasteiger partial charge in [0.05, 0.1) is 5.69 Å². The molecular weight excluding hydrogens is 329 g/mol. The molecule has 1 heterocycles. The van der Waals surface area contributed by atoms with Crippen molar-refractivity contribution >= 4 is 22.6 Å². The van der Waals surface area contributed by atoms with Gasteiger partial charge in [0, 0.05) is 0 Å². The van der Waals surface area contributed by atoms with Crippen molar-refractivity contribution in [2.45, 2.75) is 20.0 Å². The predicted octanol–water partition coefficient (Wildman–Crippen LogP) is 3.36. The zero-order chi connectivity index (χ0) is 11.6. The molecule has 7 heteroatoms. The van der Waals surface area contributed by atoms with Gasteiger partial charge in [0.2, 0.25) is 0 Å². The second-order valence-corrected chi connectivity index (χ2v) is 3.74. The molecule has 1 rings (SSSR count). The van der Waals surface area contributed by atoms with Crippen LogP contribution >= 0.6 is 22.6 Å². The van der Waals surface area contributed by atoms with Crippen molar-refractivity contribution in [2.24, 2.45) is 0 Å². The van der Waals surface area contributed by atoms with Crippen molar-refractivity contribution in [3.8, 4) is 5.75 Å². The third-order valence-corrected chi connectivity index (χ3v) is 2.36. The normalized spacial score (nSPS) is 11.6. The molecule has 0 saturated carbocycles. The molecule has 0 saturated heterocycles. The summed E-state index contributed by atoms with van der Waals surface area (Å²) in [5, 5.41) is 0. The highest BCUT2D eigenvalue weighted by molar-refractivity contribution is 14.1. The molecule has 1 aromatic rings. The van der Waals surface area contributed by atoms with E-state index >= 15 is 0 Å². The van der Waals surface area contributed by atoms with E-state index in [1.807, 2.05) is 0 Å². The summed E-state index contributed by atoms with van der Waals surface area (Å²) in [6, 6.07) is 1.12. The number of halogens is 5. The maximum Gasteiger partial charge on any atom is 0.573 e. The van der Waals surface area contributed by atoms with Gasteiger partial charge in [0.1, 0.15) is 10.4 Å². The van der Waals surface area contributed by atoms with Gasteiger partial charge in [-0.15, -0.1) is 13.2 Å². The number of ether oxygens (including phenoxy) is 1. The van der Waals surface area contributed by atoms with E-state index in [9.17, 15) is 17.6 Å². The van der Waals surface area contributed by atoms with Crippen molar-refractivity contribution in [3.05, 3.63) is 21.0 Å². The molecule has 0 N–H and O–H groups in total. The summed E-state index contributed by atoms with van der Waals surface area (Å²) in [4.78, 5) is 3.66. The Kier molecular flexibility index (Phi) is 3.74. The van der Waals surface area contributed by atoms with Crippen molar-refractivity contribution in [3.63, 3.8) is 0 Å². The summed E-state index contributed by atoms with van der Waals surface area (Å²) in [7, 11) is 0. The summed E-state index contributed by atoms with van der Waals surface area (Å²) in [5.74, 6) is -0.405. The van der Waals surface area contributed by atoms with E-state index in [2.05, 4.69) is 9.72 Å². The molecule has 0 aromatic carbocycles. The number of alkyl halides is 4. The number of aryl methyl sites for hydroxylation is 1. The maximum absolute atomic E-state index is 12.3. The third-order valence-electron chi connectivity index (χ3n) is 1.59. The van der Waals surface area contributed by atoms with Crippen molar-refractivity contribution in [2.75, 3.05) is 0 Å². The number of pyridine rings is 1. The Bertz CT molecular complexity index is 366. The Hall–Kier alpha value is -0.600.